The van der Waals surface area contributed by atoms with Gasteiger partial charge < -0.3 is 14.8 Å². The van der Waals surface area contributed by atoms with Gasteiger partial charge in [-0.25, -0.2) is 4.98 Å². The van der Waals surface area contributed by atoms with Crippen molar-refractivity contribution in [1.82, 2.24) is 4.98 Å². The predicted octanol–water partition coefficient (Wildman–Crippen LogP) is 7.37. The molecule has 3 aromatic carbocycles. The third-order valence-electron chi connectivity index (χ3n) is 6.62. The number of amides is 1. The lowest BCUT2D eigenvalue weighted by Gasteiger charge is -2.35. The van der Waals surface area contributed by atoms with Gasteiger partial charge in [-0.3, -0.25) is 9.69 Å². The number of ether oxygens (including phenoxy) is 2. The molecule has 1 N–H and O–H groups in total. The first-order valence-corrected chi connectivity index (χ1v) is 14.2. The van der Waals surface area contributed by atoms with Crippen LogP contribution in [-0.4, -0.2) is 36.9 Å². The number of thioether (sulfide) groups is 1. The van der Waals surface area contributed by atoms with E-state index in [1.54, 1.807) is 30.9 Å². The summed E-state index contributed by atoms with van der Waals surface area (Å²) in [6.07, 6.45) is 2.00. The van der Waals surface area contributed by atoms with Crippen molar-refractivity contribution in [3.63, 3.8) is 0 Å². The van der Waals surface area contributed by atoms with Crippen molar-refractivity contribution in [2.24, 2.45) is 0 Å². The quantitative estimate of drug-likeness (QED) is 0.243. The van der Waals surface area contributed by atoms with Gasteiger partial charge in [0.2, 0.25) is 0 Å². The van der Waals surface area contributed by atoms with E-state index in [9.17, 15) is 4.79 Å². The van der Waals surface area contributed by atoms with E-state index in [2.05, 4.69) is 23.5 Å². The van der Waals surface area contributed by atoms with Gasteiger partial charge in [0.1, 0.15) is 21.2 Å². The van der Waals surface area contributed by atoms with E-state index >= 15 is 0 Å². The molecule has 0 bridgehead atoms. The van der Waals surface area contributed by atoms with Crippen LogP contribution in [0.15, 0.2) is 84.9 Å². The van der Waals surface area contributed by atoms with Crippen LogP contribution in [0.2, 0.25) is 0 Å². The monoisotopic (exact) mass is 539 g/mol. The van der Waals surface area contributed by atoms with E-state index < -0.39 is 0 Å². The number of pyridine rings is 1. The standard InChI is InChI=1S/C30H25N3O3S2/c1-35-21-13-9-19(10-14-21)24-17-23(18-7-5-4-6-8-18)25-26-27(38-28(25)31-24)29(34)33(30(32-26)37-3)20-11-15-22(36-2)16-12-20/h4-17,30,32H,1-3H3. The molecule has 0 radical (unpaired) electrons. The van der Waals surface area contributed by atoms with Gasteiger partial charge in [-0.05, 0) is 72.0 Å². The van der Waals surface area contributed by atoms with Gasteiger partial charge in [0.05, 0.1) is 25.6 Å². The Balaban J connectivity index is 1.54. The average Bonchev–Trinajstić information content (AvgIpc) is 3.36. The summed E-state index contributed by atoms with van der Waals surface area (Å²) in [6.45, 7) is 0. The summed E-state index contributed by atoms with van der Waals surface area (Å²) in [5.41, 5.74) is 5.31. The van der Waals surface area contributed by atoms with Crippen LogP contribution in [0, 0.1) is 0 Å². The van der Waals surface area contributed by atoms with E-state index in [-0.39, 0.29) is 11.4 Å². The molecule has 2 aromatic heterocycles. The van der Waals surface area contributed by atoms with E-state index in [1.807, 2.05) is 73.0 Å². The Hall–Kier alpha value is -4.01. The molecule has 1 amide bonds. The highest BCUT2D eigenvalue weighted by Gasteiger charge is 2.36. The number of hydrogen-bond donors (Lipinski definition) is 1. The Labute approximate surface area is 229 Å². The van der Waals surface area contributed by atoms with Gasteiger partial charge in [0.25, 0.3) is 5.91 Å². The number of benzene rings is 3. The Morgan fingerprint density at radius 1 is 0.895 bits per heavy atom. The minimum atomic E-state index is -0.272. The minimum Gasteiger partial charge on any atom is -0.497 e. The third-order valence-corrected chi connectivity index (χ3v) is 8.47. The normalized spacial score (nSPS) is 14.8. The number of carbonyl (C=O) groups is 1. The average molecular weight is 540 g/mol. The summed E-state index contributed by atoms with van der Waals surface area (Å²) in [4.78, 5) is 22.3. The lowest BCUT2D eigenvalue weighted by Crippen LogP contribution is -2.46. The Morgan fingerprint density at radius 3 is 2.18 bits per heavy atom. The number of methoxy groups -OCH3 is 2. The first kappa shape index (κ1) is 24.3. The topological polar surface area (TPSA) is 63.7 Å². The maximum Gasteiger partial charge on any atom is 0.272 e. The zero-order valence-electron chi connectivity index (χ0n) is 21.1. The molecular weight excluding hydrogens is 514 g/mol. The fourth-order valence-electron chi connectivity index (χ4n) is 4.71. The number of carbonyl (C=O) groups excluding carboxylic acids is 1. The Kier molecular flexibility index (Phi) is 6.43. The lowest BCUT2D eigenvalue weighted by molar-refractivity contribution is 0.0987. The number of fused-ring (bicyclic) bond motifs is 3. The molecule has 3 heterocycles. The van der Waals surface area contributed by atoms with Crippen molar-refractivity contribution in [3.05, 3.63) is 89.8 Å². The largest absolute Gasteiger partial charge is 0.497 e. The molecule has 190 valence electrons. The molecule has 0 saturated heterocycles. The van der Waals surface area contributed by atoms with E-state index in [1.165, 1.54) is 11.3 Å². The molecular formula is C30H25N3O3S2. The maximum absolute atomic E-state index is 14.0. The van der Waals surface area contributed by atoms with Crippen molar-refractivity contribution < 1.29 is 14.3 Å². The summed E-state index contributed by atoms with van der Waals surface area (Å²) in [6, 6.07) is 27.8. The molecule has 5 aromatic rings. The number of aromatic nitrogens is 1. The first-order valence-electron chi connectivity index (χ1n) is 12.1. The van der Waals surface area contributed by atoms with Crippen LogP contribution < -0.4 is 19.7 Å². The molecule has 0 aliphatic carbocycles. The van der Waals surface area contributed by atoms with Crippen LogP contribution in [-0.2, 0) is 0 Å². The van der Waals surface area contributed by atoms with E-state index in [0.29, 0.717) is 4.88 Å². The number of nitrogens with one attached hydrogen (secondary N) is 1. The molecule has 0 saturated carbocycles. The van der Waals surface area contributed by atoms with Crippen molar-refractivity contribution in [3.8, 4) is 33.9 Å². The maximum atomic E-state index is 14.0. The molecule has 0 fully saturated rings. The summed E-state index contributed by atoms with van der Waals surface area (Å²) >= 11 is 3.01. The molecule has 38 heavy (non-hydrogen) atoms. The van der Waals surface area contributed by atoms with Crippen LogP contribution in [0.25, 0.3) is 32.6 Å². The van der Waals surface area contributed by atoms with Crippen LogP contribution in [0.5, 0.6) is 11.5 Å². The SMILES string of the molecule is COc1ccc(-c2cc(-c3ccccc3)c3c4c(sc3n2)C(=O)N(c2ccc(OC)cc2)C(SC)N4)cc1. The molecule has 1 atom stereocenters. The van der Waals surface area contributed by atoms with Gasteiger partial charge in [0, 0.05) is 16.6 Å². The number of rotatable bonds is 6. The molecule has 8 heteroatoms. The third kappa shape index (κ3) is 4.15. The second kappa shape index (κ2) is 10.0. The fourth-order valence-corrected chi connectivity index (χ4v) is 6.47. The highest BCUT2D eigenvalue weighted by molar-refractivity contribution is 7.99. The fraction of sp³-hybridized carbons (Fsp3) is 0.133. The molecule has 1 aliphatic rings. The summed E-state index contributed by atoms with van der Waals surface area (Å²) in [7, 11) is 3.29. The second-order valence-corrected chi connectivity index (χ2v) is 10.7. The van der Waals surface area contributed by atoms with Crippen LogP contribution >= 0.6 is 23.1 Å². The summed E-state index contributed by atoms with van der Waals surface area (Å²) in [5.74, 6) is 1.50. The second-order valence-electron chi connectivity index (χ2n) is 8.74. The van der Waals surface area contributed by atoms with Gasteiger partial charge in [-0.1, -0.05) is 30.3 Å². The highest BCUT2D eigenvalue weighted by atomic mass is 32.2. The zero-order chi connectivity index (χ0) is 26.2. The number of thiophene rings is 1. The Bertz CT molecular complexity index is 1620. The van der Waals surface area contributed by atoms with Crippen molar-refractivity contribution in [2.75, 3.05) is 30.7 Å². The van der Waals surface area contributed by atoms with Crippen LogP contribution in [0.4, 0.5) is 11.4 Å². The first-order chi connectivity index (χ1) is 18.6. The minimum absolute atomic E-state index is 0.0451. The van der Waals surface area contributed by atoms with E-state index in [4.69, 9.17) is 14.5 Å². The summed E-state index contributed by atoms with van der Waals surface area (Å²) in [5, 5.41) is 4.62. The van der Waals surface area contributed by atoms with Gasteiger partial charge in [-0.15, -0.1) is 23.1 Å². The number of hydrogen-bond acceptors (Lipinski definition) is 7. The zero-order valence-corrected chi connectivity index (χ0v) is 22.7. The molecule has 6 nitrogen and oxygen atoms in total. The van der Waals surface area contributed by atoms with Crippen LogP contribution in [0.1, 0.15) is 9.67 Å². The lowest BCUT2D eigenvalue weighted by atomic mass is 9.99. The van der Waals surface area contributed by atoms with Gasteiger partial charge >= 0.3 is 0 Å². The van der Waals surface area contributed by atoms with Crippen molar-refractivity contribution in [2.45, 2.75) is 5.50 Å². The molecule has 1 aliphatic heterocycles. The summed E-state index contributed by atoms with van der Waals surface area (Å²) < 4.78 is 10.6. The van der Waals surface area contributed by atoms with Crippen molar-refractivity contribution in [1.29, 1.82) is 0 Å². The molecule has 6 rings (SSSR count). The van der Waals surface area contributed by atoms with Gasteiger partial charge in [-0.2, -0.15) is 0 Å². The molecule has 0 spiro atoms. The smallest absolute Gasteiger partial charge is 0.272 e. The van der Waals surface area contributed by atoms with E-state index in [0.717, 1.165) is 55.5 Å². The number of anilines is 2. The highest BCUT2D eigenvalue weighted by Crippen LogP contribution is 2.47. The van der Waals surface area contributed by atoms with Crippen LogP contribution in [0.3, 0.4) is 0 Å². The predicted molar refractivity (Wildman–Crippen MR) is 158 cm³/mol. The Morgan fingerprint density at radius 2 is 1.55 bits per heavy atom. The van der Waals surface area contributed by atoms with Crippen molar-refractivity contribution >= 4 is 50.6 Å². The molecule has 1 unspecified atom stereocenters. The van der Waals surface area contributed by atoms with Gasteiger partial charge in [0.15, 0.2) is 5.50 Å². The number of nitrogens with zero attached hydrogens (tertiary/aromatic N) is 2.